The third-order valence-electron chi connectivity index (χ3n) is 4.01. The Labute approximate surface area is 89.3 Å². The lowest BCUT2D eigenvalue weighted by Crippen LogP contribution is -2.30. The summed E-state index contributed by atoms with van der Waals surface area (Å²) in [4.78, 5) is 2.71. The first-order valence-corrected chi connectivity index (χ1v) is 6.67. The first kappa shape index (κ1) is 10.5. The fourth-order valence-corrected chi connectivity index (χ4v) is 3.07. The van der Waals surface area contributed by atoms with Crippen molar-refractivity contribution in [2.75, 3.05) is 19.6 Å². The van der Waals surface area contributed by atoms with Crippen LogP contribution in [0, 0.1) is 0 Å². The summed E-state index contributed by atoms with van der Waals surface area (Å²) in [5.74, 6) is 0. The van der Waals surface area contributed by atoms with Crippen LogP contribution >= 0.6 is 0 Å². The Kier molecular flexibility index (Phi) is 4.36. The van der Waals surface area contributed by atoms with Crippen LogP contribution in [-0.4, -0.2) is 31.2 Å². The van der Waals surface area contributed by atoms with Gasteiger partial charge >= 0.3 is 0 Å². The van der Waals surface area contributed by atoms with Gasteiger partial charge < -0.3 is 4.90 Å². The first-order valence-electron chi connectivity index (χ1n) is 6.67. The van der Waals surface area contributed by atoms with Crippen LogP contribution in [0.15, 0.2) is 0 Å². The third kappa shape index (κ3) is 3.31. The smallest absolute Gasteiger partial charge is 0.139 e. The van der Waals surface area contributed by atoms with E-state index in [9.17, 15) is 0 Å². The van der Waals surface area contributed by atoms with E-state index in [1.807, 2.05) is 0 Å². The number of fused-ring (bicyclic) bond motifs is 9. The SMILES string of the molecule is C1CCN2CCCCB(C1)CCCC2. The highest BCUT2D eigenvalue weighted by Gasteiger charge is 2.17. The number of hydrogen-bond acceptors (Lipinski definition) is 1. The van der Waals surface area contributed by atoms with E-state index in [2.05, 4.69) is 4.90 Å². The molecule has 0 saturated carbocycles. The highest BCUT2D eigenvalue weighted by atomic mass is 15.1. The van der Waals surface area contributed by atoms with Gasteiger partial charge in [-0.05, 0) is 38.9 Å². The van der Waals surface area contributed by atoms with Gasteiger partial charge in [-0.1, -0.05) is 38.2 Å². The van der Waals surface area contributed by atoms with Crippen molar-refractivity contribution in [1.29, 1.82) is 0 Å². The molecule has 14 heavy (non-hydrogen) atoms. The summed E-state index contributed by atoms with van der Waals surface area (Å²) in [7, 11) is 0. The second kappa shape index (κ2) is 5.80. The van der Waals surface area contributed by atoms with Crippen LogP contribution in [-0.2, 0) is 0 Å². The van der Waals surface area contributed by atoms with Crippen molar-refractivity contribution in [3.8, 4) is 0 Å². The quantitative estimate of drug-likeness (QED) is 0.534. The molecule has 2 bridgehead atoms. The van der Waals surface area contributed by atoms with Gasteiger partial charge in [-0.3, -0.25) is 0 Å². The molecule has 3 fully saturated rings. The van der Waals surface area contributed by atoms with E-state index >= 15 is 0 Å². The fraction of sp³-hybridized carbons (Fsp3) is 1.00. The molecule has 0 amide bonds. The summed E-state index contributed by atoms with van der Waals surface area (Å²) in [6, 6.07) is 0. The Morgan fingerprint density at radius 3 is 1.43 bits per heavy atom. The lowest BCUT2D eigenvalue weighted by Gasteiger charge is -2.27. The van der Waals surface area contributed by atoms with E-state index in [4.69, 9.17) is 0 Å². The topological polar surface area (TPSA) is 3.24 Å². The molecule has 3 aliphatic heterocycles. The van der Waals surface area contributed by atoms with Crippen molar-refractivity contribution in [2.24, 2.45) is 0 Å². The van der Waals surface area contributed by atoms with Gasteiger partial charge in [-0.15, -0.1) is 0 Å². The monoisotopic (exact) mass is 193 g/mol. The summed E-state index contributed by atoms with van der Waals surface area (Å²) < 4.78 is 0. The zero-order valence-electron chi connectivity index (χ0n) is 9.51. The van der Waals surface area contributed by atoms with Crippen molar-refractivity contribution in [3.05, 3.63) is 0 Å². The van der Waals surface area contributed by atoms with Crippen LogP contribution in [0.3, 0.4) is 0 Å². The van der Waals surface area contributed by atoms with Crippen molar-refractivity contribution >= 4 is 6.71 Å². The Hall–Kier alpha value is 0.0249. The number of nitrogens with zero attached hydrogens (tertiary/aromatic N) is 1. The highest BCUT2D eigenvalue weighted by molar-refractivity contribution is 6.58. The molecule has 3 heterocycles. The molecular formula is C12H24BN. The van der Waals surface area contributed by atoms with Crippen molar-refractivity contribution in [3.63, 3.8) is 0 Å². The maximum Gasteiger partial charge on any atom is 0.139 e. The predicted octanol–water partition coefficient (Wildman–Crippen LogP) is 3.15. The molecule has 80 valence electrons. The molecule has 2 heteroatoms. The Bertz CT molecular complexity index is 114. The van der Waals surface area contributed by atoms with E-state index < -0.39 is 0 Å². The van der Waals surface area contributed by atoms with Gasteiger partial charge in [0.05, 0.1) is 0 Å². The van der Waals surface area contributed by atoms with Crippen LogP contribution in [0.1, 0.15) is 38.5 Å². The molecule has 3 rings (SSSR count). The van der Waals surface area contributed by atoms with Gasteiger partial charge in [0.1, 0.15) is 6.71 Å². The molecule has 3 aliphatic rings. The molecule has 0 atom stereocenters. The van der Waals surface area contributed by atoms with Crippen molar-refractivity contribution in [1.82, 2.24) is 4.90 Å². The molecule has 0 aromatic heterocycles. The minimum absolute atomic E-state index is 1.08. The van der Waals surface area contributed by atoms with Gasteiger partial charge in [0.2, 0.25) is 0 Å². The summed E-state index contributed by atoms with van der Waals surface area (Å²) in [6.07, 6.45) is 13.4. The van der Waals surface area contributed by atoms with Crippen LogP contribution in [0.5, 0.6) is 0 Å². The summed E-state index contributed by atoms with van der Waals surface area (Å²) in [5, 5.41) is 0. The van der Waals surface area contributed by atoms with Crippen LogP contribution in [0.4, 0.5) is 0 Å². The maximum absolute atomic E-state index is 2.71. The zero-order chi connectivity index (χ0) is 9.64. The molecule has 0 aromatic carbocycles. The molecule has 1 nitrogen and oxygen atoms in total. The summed E-state index contributed by atoms with van der Waals surface area (Å²) in [6.45, 7) is 5.23. The van der Waals surface area contributed by atoms with Crippen LogP contribution in [0.2, 0.25) is 19.0 Å². The van der Waals surface area contributed by atoms with E-state index in [-0.39, 0.29) is 0 Å². The molecule has 0 N–H and O–H groups in total. The van der Waals surface area contributed by atoms with Crippen LogP contribution in [0.25, 0.3) is 0 Å². The van der Waals surface area contributed by atoms with E-state index in [0.29, 0.717) is 0 Å². The largest absolute Gasteiger partial charge is 0.303 e. The Morgan fingerprint density at radius 1 is 0.571 bits per heavy atom. The predicted molar refractivity (Wildman–Crippen MR) is 64.3 cm³/mol. The van der Waals surface area contributed by atoms with E-state index in [1.54, 1.807) is 0 Å². The Balaban J connectivity index is 1.93. The second-order valence-electron chi connectivity index (χ2n) is 5.20. The fourth-order valence-electron chi connectivity index (χ4n) is 3.07. The average Bonchev–Trinajstić information content (AvgIpc) is 2.25. The lowest BCUT2D eigenvalue weighted by molar-refractivity contribution is 0.258. The second-order valence-corrected chi connectivity index (χ2v) is 5.20. The molecule has 0 unspecified atom stereocenters. The Morgan fingerprint density at radius 2 is 1.00 bits per heavy atom. The van der Waals surface area contributed by atoms with Crippen molar-refractivity contribution in [2.45, 2.75) is 57.5 Å². The van der Waals surface area contributed by atoms with Gasteiger partial charge in [-0.25, -0.2) is 0 Å². The number of rotatable bonds is 0. The standard InChI is InChI=1S/C12H24BN/c1-4-10-14-11-5-2-8-13(7-1)9-3-6-12-14/h1-12H2. The van der Waals surface area contributed by atoms with Crippen LogP contribution < -0.4 is 0 Å². The maximum atomic E-state index is 2.71. The minimum Gasteiger partial charge on any atom is -0.303 e. The lowest BCUT2D eigenvalue weighted by atomic mass is 9.41. The summed E-state index contributed by atoms with van der Waals surface area (Å²) >= 11 is 0. The molecule has 0 radical (unpaired) electrons. The highest BCUT2D eigenvalue weighted by Crippen LogP contribution is 2.20. The number of hydrogen-bond donors (Lipinski definition) is 0. The molecule has 0 spiro atoms. The molecule has 0 aromatic rings. The molecule has 3 saturated heterocycles. The van der Waals surface area contributed by atoms with Crippen molar-refractivity contribution < 1.29 is 0 Å². The third-order valence-corrected chi connectivity index (χ3v) is 4.01. The van der Waals surface area contributed by atoms with Gasteiger partial charge in [-0.2, -0.15) is 0 Å². The van der Waals surface area contributed by atoms with Gasteiger partial charge in [0, 0.05) is 0 Å². The zero-order valence-corrected chi connectivity index (χ0v) is 9.51. The minimum atomic E-state index is 1.08. The summed E-state index contributed by atoms with van der Waals surface area (Å²) in [5.41, 5.74) is 0. The van der Waals surface area contributed by atoms with Gasteiger partial charge in [0.25, 0.3) is 0 Å². The normalized spacial score (nSPS) is 27.0. The van der Waals surface area contributed by atoms with E-state index in [0.717, 1.165) is 6.71 Å². The first-order chi connectivity index (χ1) is 6.95. The average molecular weight is 193 g/mol. The van der Waals surface area contributed by atoms with E-state index in [1.165, 1.54) is 77.1 Å². The molecule has 0 aliphatic carbocycles. The van der Waals surface area contributed by atoms with Gasteiger partial charge in [0.15, 0.2) is 0 Å². The molecular weight excluding hydrogens is 169 g/mol.